The number of carbonyl (C=O) groups is 2. The van der Waals surface area contributed by atoms with E-state index in [4.69, 9.17) is 166 Å². The molecule has 0 spiro atoms. The Bertz CT molecular complexity index is 4250. The van der Waals surface area contributed by atoms with Crippen molar-refractivity contribution >= 4 is 167 Å². The van der Waals surface area contributed by atoms with Gasteiger partial charge in [0.1, 0.15) is 41.6 Å². The molecule has 4 aromatic heterocycles. The summed E-state index contributed by atoms with van der Waals surface area (Å²) < 4.78 is 39.5. The summed E-state index contributed by atoms with van der Waals surface area (Å²) in [6.07, 6.45) is 14.4. The zero-order chi connectivity index (χ0) is 74.2. The van der Waals surface area contributed by atoms with E-state index in [1.807, 2.05) is 131 Å². The van der Waals surface area contributed by atoms with Crippen molar-refractivity contribution in [2.75, 3.05) is 32.0 Å². The quantitative estimate of drug-likeness (QED) is 0.0315. The molecule has 0 saturated carbocycles. The van der Waals surface area contributed by atoms with Crippen LogP contribution in [0.3, 0.4) is 0 Å². The molecule has 0 aliphatic heterocycles. The van der Waals surface area contributed by atoms with Gasteiger partial charge in [-0.05, 0) is 148 Å². The number of nitrogens with zero attached hydrogens (tertiary/aromatic N) is 8. The van der Waals surface area contributed by atoms with E-state index in [0.717, 1.165) is 56.0 Å². The van der Waals surface area contributed by atoms with Crippen molar-refractivity contribution in [3.05, 3.63) is 298 Å². The fourth-order valence-corrected chi connectivity index (χ4v) is 11.8. The second-order valence-electron chi connectivity index (χ2n) is 20.3. The van der Waals surface area contributed by atoms with Crippen molar-refractivity contribution in [2.45, 2.75) is 57.1 Å². The van der Waals surface area contributed by atoms with Gasteiger partial charge in [0.2, 0.25) is 5.78 Å². The van der Waals surface area contributed by atoms with Gasteiger partial charge in [0, 0.05) is 134 Å². The standard InChI is InChI=1S/C19H18Cl2N2O2.C19H16Cl2N2O2.C11H10Cl2N2O.C11H8Cl2N2O.C8H9BrO.2CH2Cl2.Mn.2O/c2*1-25-17-4-2-3-13(9-17)10-18(24)19-22-5-6-23(19)12-14-7-15(20)11-16(21)8-14;2*12-9-3-8(4-10(13)5-9)6-15-2-1-14-11(15)7-16;1-10-8-4-2-3-7(5-8)6-9;2*2-1-3;;;/h2-9,11,18,24H,10,12H2,1H3;2-9,11H,10,12H2,1H3;1-5,16H,6-7H2;1-5,7H,6H2;2-5H,6H2,1H3;2*1H2;;;. The number of ether oxygens (including phenoxy) is 3. The minimum absolute atomic E-state index is 0.0635. The van der Waals surface area contributed by atoms with Crippen molar-refractivity contribution in [2.24, 2.45) is 0 Å². The molecule has 101 heavy (non-hydrogen) atoms. The van der Waals surface area contributed by atoms with Gasteiger partial charge in [0.05, 0.1) is 32.0 Å². The number of ketones is 1. The number of rotatable bonds is 20. The third-order valence-corrected chi connectivity index (χ3v) is 15.7. The van der Waals surface area contributed by atoms with Crippen LogP contribution in [0.4, 0.5) is 0 Å². The molecule has 1 atom stereocenters. The van der Waals surface area contributed by atoms with E-state index in [0.29, 0.717) is 102 Å². The second-order valence-corrected chi connectivity index (χ2v) is 26.2. The van der Waals surface area contributed by atoms with Gasteiger partial charge in [0.25, 0.3) is 0 Å². The summed E-state index contributed by atoms with van der Waals surface area (Å²) in [6, 6.07) is 44.4. The number of imidazole rings is 4. The summed E-state index contributed by atoms with van der Waals surface area (Å²) in [6.45, 7) is 2.04. The number of aldehydes is 1. The molecule has 0 aliphatic carbocycles. The van der Waals surface area contributed by atoms with E-state index in [1.165, 1.54) is 5.56 Å². The molecule has 31 heteroatoms. The number of halogens is 13. The molecule has 0 aliphatic rings. The van der Waals surface area contributed by atoms with Crippen molar-refractivity contribution in [1.82, 2.24) is 38.2 Å². The third kappa shape index (κ3) is 32.8. The van der Waals surface area contributed by atoms with Crippen LogP contribution in [0.2, 0.25) is 40.2 Å². The van der Waals surface area contributed by atoms with Crippen LogP contribution in [-0.2, 0) is 73.4 Å². The number of aliphatic hydroxyl groups is 2. The van der Waals surface area contributed by atoms with Crippen LogP contribution in [0.5, 0.6) is 17.2 Å². The normalized spacial score (nSPS) is 10.4. The van der Waals surface area contributed by atoms with Crippen molar-refractivity contribution in [3.63, 3.8) is 0 Å². The molecule has 11 aromatic rings. The number of hydrogen-bond acceptors (Lipinski definition) is 13. The maximum atomic E-state index is 12.6. The third-order valence-electron chi connectivity index (χ3n) is 13.3. The number of Topliss-reactive ketones (excluding diaryl/α,β-unsaturated/α-hetero) is 1. The number of methoxy groups -OCH3 is 3. The Morgan fingerprint density at radius 2 is 0.832 bits per heavy atom. The molecule has 2 N–H and O–H groups in total. The number of carbonyl (C=O) groups excluding carboxylic acids is 2. The zero-order valence-corrected chi connectivity index (χ0v) is 65.7. The number of alkyl halides is 5. The molecule has 0 bridgehead atoms. The molecule has 0 saturated heterocycles. The molecule has 537 valence electrons. The minimum atomic E-state index is -1.44. The summed E-state index contributed by atoms with van der Waals surface area (Å²) in [5.74, 6) is 4.34. The fraction of sp³-hybridized carbons (Fsp3) is 0.200. The van der Waals surface area contributed by atoms with Gasteiger partial charge >= 0.3 is 22.5 Å². The Kier molecular flexibility index (Phi) is 42.4. The predicted octanol–water partition coefficient (Wildman–Crippen LogP) is 20.2. The SMILES string of the molecule is COc1cccc(CBr)c1.COc1cccc(CC(=O)c2nccn2Cc2cc(Cl)cc(Cl)c2)c1.COc1cccc(CC(O)c2nccn2Cc2cc(Cl)cc(Cl)c2)c1.ClCCl.ClCCl.O=Cc1nccn1Cc1cc(Cl)cc(Cl)c1.OCc1nccn1Cc1cc(Cl)cc(Cl)c1.[O]=[Mn]=[O]. The van der Waals surface area contributed by atoms with Crippen LogP contribution < -0.4 is 14.2 Å². The summed E-state index contributed by atoms with van der Waals surface area (Å²) in [4.78, 5) is 39.8. The Morgan fingerprint density at radius 1 is 0.485 bits per heavy atom. The Morgan fingerprint density at radius 3 is 1.27 bits per heavy atom. The topological polar surface area (TPSA) is 208 Å². The second kappa shape index (κ2) is 49.0. The number of aliphatic hydroxyl groups excluding tert-OH is 2. The van der Waals surface area contributed by atoms with Crippen molar-refractivity contribution < 1.29 is 56.5 Å². The van der Waals surface area contributed by atoms with Gasteiger partial charge in [-0.2, -0.15) is 0 Å². The van der Waals surface area contributed by atoms with Crippen molar-refractivity contribution in [3.8, 4) is 17.2 Å². The van der Waals surface area contributed by atoms with Crippen molar-refractivity contribution in [1.29, 1.82) is 0 Å². The van der Waals surface area contributed by atoms with E-state index < -0.39 is 20.9 Å². The van der Waals surface area contributed by atoms with Gasteiger partial charge in [-0.25, -0.2) is 19.9 Å². The Hall–Kier alpha value is -5.88. The first-order chi connectivity index (χ1) is 48.6. The van der Waals surface area contributed by atoms with Gasteiger partial charge in [-0.3, -0.25) is 9.59 Å². The van der Waals surface area contributed by atoms with E-state index in [2.05, 4.69) is 41.9 Å². The van der Waals surface area contributed by atoms with E-state index in [9.17, 15) is 14.7 Å². The Balaban J connectivity index is 0.000000267. The molecule has 11 rings (SSSR count). The zero-order valence-electron chi connectivity index (χ0n) is 53.8. The van der Waals surface area contributed by atoms with Crippen LogP contribution in [-0.4, -0.2) is 92.5 Å². The molecule has 0 radical (unpaired) electrons. The molecule has 17 nitrogen and oxygen atoms in total. The predicted molar refractivity (Wildman–Crippen MR) is 405 cm³/mol. The molecule has 0 amide bonds. The summed E-state index contributed by atoms with van der Waals surface area (Å²) >= 11 is 68.8. The average molecular weight is 1720 g/mol. The molecule has 1 unspecified atom stereocenters. The summed E-state index contributed by atoms with van der Waals surface area (Å²) in [5.41, 5.74) is 6.86. The van der Waals surface area contributed by atoms with Gasteiger partial charge in [-0.1, -0.05) is 145 Å². The monoisotopic (exact) mass is 1710 g/mol. The summed E-state index contributed by atoms with van der Waals surface area (Å²) in [7, 11) is 4.90. The van der Waals surface area contributed by atoms with E-state index >= 15 is 0 Å². The molecule has 7 aromatic carbocycles. The number of benzene rings is 7. The number of aromatic nitrogens is 8. The fourth-order valence-electron chi connectivity index (χ4n) is 9.16. The molecular weight excluding hydrogens is 1660 g/mol. The van der Waals surface area contributed by atoms with Crippen LogP contribution in [0.25, 0.3) is 0 Å². The van der Waals surface area contributed by atoms with Crippen LogP contribution in [0.1, 0.15) is 77.9 Å². The summed E-state index contributed by atoms with van der Waals surface area (Å²) in [5, 5.41) is 25.6. The van der Waals surface area contributed by atoms with Gasteiger partial charge < -0.3 is 42.7 Å². The van der Waals surface area contributed by atoms with Crippen LogP contribution in [0, 0.1) is 0 Å². The first kappa shape index (κ1) is 87.5. The first-order valence-electron chi connectivity index (χ1n) is 29.3. The molecule has 4 heterocycles. The van der Waals surface area contributed by atoms with Crippen LogP contribution >= 0.6 is 155 Å². The van der Waals surface area contributed by atoms with Gasteiger partial charge in [0.15, 0.2) is 17.9 Å². The number of hydrogen-bond donors (Lipinski definition) is 2. The molecular formula is C70H65BrCl12MnN8O9. The van der Waals surface area contributed by atoms with E-state index in [1.54, 1.807) is 98.1 Å². The maximum absolute atomic E-state index is 12.6. The van der Waals surface area contributed by atoms with E-state index in [-0.39, 0.29) is 29.5 Å². The average Bonchev–Trinajstić information content (AvgIpc) is 1.77. The molecule has 0 fully saturated rings. The van der Waals surface area contributed by atoms with Crippen LogP contribution in [0.15, 0.2) is 195 Å². The Labute approximate surface area is 659 Å². The van der Waals surface area contributed by atoms with Gasteiger partial charge in [-0.15, -0.1) is 46.4 Å². The first-order valence-corrected chi connectivity index (χ1v) is 36.5.